The van der Waals surface area contributed by atoms with Crippen LogP contribution < -0.4 is 10.6 Å². The maximum Gasteiger partial charge on any atom is 0.196 e. The van der Waals surface area contributed by atoms with E-state index in [1.807, 2.05) is 0 Å². The van der Waals surface area contributed by atoms with Gasteiger partial charge in [0.2, 0.25) is 0 Å². The second-order valence-corrected chi connectivity index (χ2v) is 6.03. The molecule has 0 saturated heterocycles. The third kappa shape index (κ3) is 2.84. The van der Waals surface area contributed by atoms with Crippen LogP contribution in [0.3, 0.4) is 0 Å². The first-order chi connectivity index (χ1) is 8.37. The lowest BCUT2D eigenvalue weighted by molar-refractivity contribution is 0.579. The number of nitrogens with zero attached hydrogens (tertiary/aromatic N) is 2. The Balaban J connectivity index is 2.36. The van der Waals surface area contributed by atoms with Crippen molar-refractivity contribution in [3.63, 3.8) is 0 Å². The van der Waals surface area contributed by atoms with E-state index in [1.54, 1.807) is 0 Å². The fraction of sp³-hybridized carbons (Fsp3) is 0.533. The lowest BCUT2D eigenvalue weighted by atomic mass is 10.00. The second kappa shape index (κ2) is 4.63. The summed E-state index contributed by atoms with van der Waals surface area (Å²) in [6.07, 6.45) is 2.27. The number of hydrogen-bond donors (Lipinski definition) is 1. The summed E-state index contributed by atoms with van der Waals surface area (Å²) in [5.74, 6) is 0.632. The Labute approximate surface area is 110 Å². The van der Waals surface area contributed by atoms with E-state index in [-0.39, 0.29) is 5.54 Å². The number of fused-ring (bicyclic) bond motifs is 1. The first-order valence-electron chi connectivity index (χ1n) is 6.59. The number of aryl methyl sites for hydroxylation is 2. The van der Waals surface area contributed by atoms with Gasteiger partial charge in [-0.15, -0.1) is 0 Å². The van der Waals surface area contributed by atoms with Crippen LogP contribution in [0.25, 0.3) is 0 Å². The van der Waals surface area contributed by atoms with Crippen molar-refractivity contribution in [2.45, 2.75) is 46.1 Å². The van der Waals surface area contributed by atoms with Crippen molar-refractivity contribution in [2.24, 2.45) is 10.7 Å². The Hall–Kier alpha value is -1.51. The molecule has 2 rings (SSSR count). The minimum Gasteiger partial charge on any atom is -0.369 e. The second-order valence-electron chi connectivity index (χ2n) is 6.03. The van der Waals surface area contributed by atoms with Gasteiger partial charge in [-0.3, -0.25) is 0 Å². The predicted molar refractivity (Wildman–Crippen MR) is 78.2 cm³/mol. The number of anilines is 1. The summed E-state index contributed by atoms with van der Waals surface area (Å²) in [6.45, 7) is 9.30. The zero-order chi connectivity index (χ0) is 13.3. The van der Waals surface area contributed by atoms with Gasteiger partial charge in [0.15, 0.2) is 5.96 Å². The largest absolute Gasteiger partial charge is 0.369 e. The Morgan fingerprint density at radius 3 is 2.72 bits per heavy atom. The molecule has 98 valence electrons. The number of aliphatic imine (C=N–C) groups is 1. The molecule has 1 heterocycles. The van der Waals surface area contributed by atoms with Crippen LogP contribution in [0.4, 0.5) is 5.69 Å². The predicted octanol–water partition coefficient (Wildman–Crippen LogP) is 2.86. The molecule has 3 heteroatoms. The lowest BCUT2D eigenvalue weighted by Crippen LogP contribution is -2.42. The van der Waals surface area contributed by atoms with Gasteiger partial charge in [0.25, 0.3) is 0 Å². The van der Waals surface area contributed by atoms with E-state index in [4.69, 9.17) is 5.73 Å². The molecule has 0 unspecified atom stereocenters. The summed E-state index contributed by atoms with van der Waals surface area (Å²) in [7, 11) is 0. The first kappa shape index (κ1) is 12.9. The standard InChI is InChI=1S/C15H23N3/c1-11-7-8-13-12(10-11)6-5-9-18(13)14(16)17-15(2,3)4/h7-8,10H,5-6,9H2,1-4H3,(H2,16,17). The highest BCUT2D eigenvalue weighted by Gasteiger charge is 2.20. The maximum absolute atomic E-state index is 6.16. The third-order valence-electron chi connectivity index (χ3n) is 3.08. The van der Waals surface area contributed by atoms with Crippen molar-refractivity contribution in [2.75, 3.05) is 11.4 Å². The van der Waals surface area contributed by atoms with Gasteiger partial charge in [-0.05, 0) is 52.2 Å². The summed E-state index contributed by atoms with van der Waals surface area (Å²) in [5, 5.41) is 0. The number of nitrogens with two attached hydrogens (primary N) is 1. The molecule has 0 atom stereocenters. The molecule has 0 bridgehead atoms. The average molecular weight is 245 g/mol. The van der Waals surface area contributed by atoms with E-state index in [9.17, 15) is 0 Å². The molecule has 1 aromatic rings. The highest BCUT2D eigenvalue weighted by atomic mass is 15.3. The van der Waals surface area contributed by atoms with Gasteiger partial charge in [0, 0.05) is 12.2 Å². The van der Waals surface area contributed by atoms with Crippen LogP contribution in [-0.4, -0.2) is 18.0 Å². The average Bonchev–Trinajstić information content (AvgIpc) is 2.25. The van der Waals surface area contributed by atoms with Crippen LogP contribution >= 0.6 is 0 Å². The van der Waals surface area contributed by atoms with E-state index in [0.29, 0.717) is 5.96 Å². The van der Waals surface area contributed by atoms with E-state index in [1.165, 1.54) is 16.8 Å². The topological polar surface area (TPSA) is 41.6 Å². The van der Waals surface area contributed by atoms with Crippen LogP contribution in [0.2, 0.25) is 0 Å². The van der Waals surface area contributed by atoms with Gasteiger partial charge >= 0.3 is 0 Å². The van der Waals surface area contributed by atoms with E-state index < -0.39 is 0 Å². The van der Waals surface area contributed by atoms with Crippen molar-refractivity contribution in [3.8, 4) is 0 Å². The Kier molecular flexibility index (Phi) is 3.33. The Morgan fingerprint density at radius 1 is 1.33 bits per heavy atom. The molecule has 1 aliphatic rings. The fourth-order valence-electron chi connectivity index (χ4n) is 2.37. The number of benzene rings is 1. The van der Waals surface area contributed by atoms with Gasteiger partial charge in [-0.25, -0.2) is 4.99 Å². The van der Waals surface area contributed by atoms with Crippen LogP contribution in [-0.2, 0) is 6.42 Å². The molecule has 0 aliphatic carbocycles. The van der Waals surface area contributed by atoms with Gasteiger partial charge in [0.1, 0.15) is 0 Å². The summed E-state index contributed by atoms with van der Waals surface area (Å²) in [4.78, 5) is 6.72. The van der Waals surface area contributed by atoms with Gasteiger partial charge in [-0.2, -0.15) is 0 Å². The number of rotatable bonds is 0. The zero-order valence-corrected chi connectivity index (χ0v) is 11.8. The Bertz CT molecular complexity index is 469. The summed E-state index contributed by atoms with van der Waals surface area (Å²) < 4.78 is 0. The molecular formula is C15H23N3. The highest BCUT2D eigenvalue weighted by molar-refractivity contribution is 5.96. The summed E-state index contributed by atoms with van der Waals surface area (Å²) in [5.41, 5.74) is 9.94. The molecule has 1 aliphatic heterocycles. The molecule has 0 spiro atoms. The van der Waals surface area contributed by atoms with Gasteiger partial charge in [-0.1, -0.05) is 17.7 Å². The van der Waals surface area contributed by atoms with Crippen molar-refractivity contribution in [1.29, 1.82) is 0 Å². The first-order valence-corrected chi connectivity index (χ1v) is 6.59. The molecular weight excluding hydrogens is 222 g/mol. The smallest absolute Gasteiger partial charge is 0.196 e. The van der Waals surface area contributed by atoms with E-state index in [2.05, 4.69) is 55.8 Å². The number of guanidine groups is 1. The minimum absolute atomic E-state index is 0.133. The van der Waals surface area contributed by atoms with Crippen LogP contribution in [0.5, 0.6) is 0 Å². The third-order valence-corrected chi connectivity index (χ3v) is 3.08. The Morgan fingerprint density at radius 2 is 2.06 bits per heavy atom. The van der Waals surface area contributed by atoms with E-state index in [0.717, 1.165) is 19.4 Å². The van der Waals surface area contributed by atoms with Crippen molar-refractivity contribution < 1.29 is 0 Å². The van der Waals surface area contributed by atoms with Gasteiger partial charge < -0.3 is 10.6 Å². The molecule has 0 aromatic heterocycles. The van der Waals surface area contributed by atoms with Crippen molar-refractivity contribution in [3.05, 3.63) is 29.3 Å². The fourth-order valence-corrected chi connectivity index (χ4v) is 2.37. The summed E-state index contributed by atoms with van der Waals surface area (Å²) >= 11 is 0. The maximum atomic E-state index is 6.16. The minimum atomic E-state index is -0.133. The molecule has 2 N–H and O–H groups in total. The molecule has 18 heavy (non-hydrogen) atoms. The zero-order valence-electron chi connectivity index (χ0n) is 11.8. The summed E-state index contributed by atoms with van der Waals surface area (Å²) in [6, 6.07) is 6.56. The van der Waals surface area contributed by atoms with Crippen molar-refractivity contribution in [1.82, 2.24) is 0 Å². The molecule has 3 nitrogen and oxygen atoms in total. The van der Waals surface area contributed by atoms with Crippen LogP contribution in [0.1, 0.15) is 38.3 Å². The van der Waals surface area contributed by atoms with Crippen molar-refractivity contribution >= 4 is 11.6 Å². The van der Waals surface area contributed by atoms with Gasteiger partial charge in [0.05, 0.1) is 5.54 Å². The quantitative estimate of drug-likeness (QED) is 0.564. The molecule has 0 radical (unpaired) electrons. The molecule has 1 aromatic carbocycles. The highest BCUT2D eigenvalue weighted by Crippen LogP contribution is 2.28. The SMILES string of the molecule is Cc1ccc2c(c1)CCCN2C(N)=NC(C)(C)C. The molecule has 0 amide bonds. The normalized spacial score (nSPS) is 16.7. The van der Waals surface area contributed by atoms with Crippen LogP contribution in [0, 0.1) is 6.92 Å². The number of hydrogen-bond acceptors (Lipinski definition) is 1. The molecule has 0 saturated carbocycles. The monoisotopic (exact) mass is 245 g/mol. The lowest BCUT2D eigenvalue weighted by Gasteiger charge is -2.31. The van der Waals surface area contributed by atoms with Crippen LogP contribution in [0.15, 0.2) is 23.2 Å². The molecule has 0 fully saturated rings. The van der Waals surface area contributed by atoms with E-state index >= 15 is 0 Å².